The number of imidazole rings is 1. The summed E-state index contributed by atoms with van der Waals surface area (Å²) in [5.41, 5.74) is 8.35. The Morgan fingerprint density at radius 1 is 1.18 bits per heavy atom. The Bertz CT molecular complexity index is 1060. The number of aromatic nitrogens is 2. The summed E-state index contributed by atoms with van der Waals surface area (Å²) in [5.74, 6) is 0.370. The number of ether oxygens (including phenoxy) is 3. The van der Waals surface area contributed by atoms with Crippen molar-refractivity contribution in [3.05, 3.63) is 29.6 Å². The maximum Gasteiger partial charge on any atom is 0.414 e. The van der Waals surface area contributed by atoms with E-state index >= 15 is 0 Å². The average molecular weight is 595 g/mol. The van der Waals surface area contributed by atoms with Crippen molar-refractivity contribution in [1.29, 1.82) is 0 Å². The molecule has 39 heavy (non-hydrogen) atoms. The molecule has 8 nitrogen and oxygen atoms in total. The molecule has 1 aromatic heterocycles. The molecule has 0 aliphatic carbocycles. The molecule has 0 fully saturated rings. The molecular weight excluding hydrogens is 549 g/mol. The van der Waals surface area contributed by atoms with Crippen LogP contribution >= 0.6 is 0 Å². The van der Waals surface area contributed by atoms with E-state index < -0.39 is 48.6 Å². The van der Waals surface area contributed by atoms with Crippen LogP contribution in [0.25, 0.3) is 11.0 Å². The largest absolute Gasteiger partial charge is 0.598 e. The lowest BCUT2D eigenvalue weighted by Gasteiger charge is -2.32. The quantitative estimate of drug-likeness (QED) is 0.170. The molecule has 0 saturated carbocycles. The lowest BCUT2D eigenvalue weighted by Crippen LogP contribution is -2.47. The smallest absolute Gasteiger partial charge is 0.414 e. The number of alkyl halides is 3. The summed E-state index contributed by atoms with van der Waals surface area (Å²) in [5, 5.41) is 0. The molecule has 0 aliphatic heterocycles. The summed E-state index contributed by atoms with van der Waals surface area (Å²) in [4.78, 5) is 4.81. The first-order valence-electron chi connectivity index (χ1n) is 13.1. The van der Waals surface area contributed by atoms with Crippen LogP contribution in [0.3, 0.4) is 0 Å². The number of hydrogen-bond donors (Lipinski definition) is 2. The number of nitrogens with two attached hydrogens (primary N) is 1. The van der Waals surface area contributed by atoms with Gasteiger partial charge in [-0.3, -0.25) is 0 Å². The lowest BCUT2D eigenvalue weighted by atomic mass is 10.1. The van der Waals surface area contributed by atoms with Gasteiger partial charge in [0.15, 0.2) is 6.10 Å². The number of hydrogen-bond acceptors (Lipinski definition) is 7. The number of rotatable bonds is 14. The van der Waals surface area contributed by atoms with E-state index in [1.165, 1.54) is 6.92 Å². The third kappa shape index (κ3) is 9.99. The molecule has 1 aromatic carbocycles. The molecule has 0 unspecified atom stereocenters. The van der Waals surface area contributed by atoms with E-state index in [0.29, 0.717) is 24.6 Å². The van der Waals surface area contributed by atoms with Gasteiger partial charge in [0.1, 0.15) is 23.3 Å². The first-order valence-corrected chi connectivity index (χ1v) is 17.9. The number of benzene rings is 1. The molecule has 5 atom stereocenters. The van der Waals surface area contributed by atoms with E-state index in [4.69, 9.17) is 24.9 Å². The summed E-state index contributed by atoms with van der Waals surface area (Å²) < 4.78 is 74.1. The summed E-state index contributed by atoms with van der Waals surface area (Å²) >= 11 is -1.62. The number of methoxy groups -OCH3 is 1. The molecule has 224 valence electrons. The van der Waals surface area contributed by atoms with E-state index in [-0.39, 0.29) is 12.8 Å². The lowest BCUT2D eigenvalue weighted by molar-refractivity contribution is -0.227. The van der Waals surface area contributed by atoms with Crippen LogP contribution in [0.1, 0.15) is 58.1 Å². The molecule has 0 saturated heterocycles. The van der Waals surface area contributed by atoms with Gasteiger partial charge in [-0.05, 0) is 58.4 Å². The van der Waals surface area contributed by atoms with Gasteiger partial charge in [0.2, 0.25) is 0 Å². The third-order valence-corrected chi connectivity index (χ3v) is 9.49. The Labute approximate surface area is 234 Å². The van der Waals surface area contributed by atoms with Crippen LogP contribution in [0.4, 0.5) is 13.2 Å². The molecule has 13 heteroatoms. The summed E-state index contributed by atoms with van der Waals surface area (Å²) in [7, 11) is 0.219. The zero-order chi connectivity index (χ0) is 29.8. The fourth-order valence-electron chi connectivity index (χ4n) is 3.71. The van der Waals surface area contributed by atoms with Gasteiger partial charge in [0.25, 0.3) is 0 Å². The molecule has 2 aromatic rings. The first-order chi connectivity index (χ1) is 17.8. The predicted molar refractivity (Wildman–Crippen MR) is 152 cm³/mol. The maximum absolute atomic E-state index is 13.4. The topological polar surface area (TPSA) is 107 Å². The number of nitrogens with one attached hydrogen (secondary N) is 1. The molecule has 0 aliphatic rings. The minimum Gasteiger partial charge on any atom is -0.598 e. The second-order valence-corrected chi connectivity index (χ2v) is 19.7. The van der Waals surface area contributed by atoms with Gasteiger partial charge in [-0.25, -0.2) is 4.98 Å². The highest BCUT2D eigenvalue weighted by Gasteiger charge is 2.42. The monoisotopic (exact) mass is 594 g/mol. The zero-order valence-electron chi connectivity index (χ0n) is 24.5. The Morgan fingerprint density at radius 2 is 1.82 bits per heavy atom. The van der Waals surface area contributed by atoms with Crippen molar-refractivity contribution in [2.45, 2.75) is 102 Å². The highest BCUT2D eigenvalue weighted by molar-refractivity contribution is 7.90. The molecule has 0 radical (unpaired) electrons. The van der Waals surface area contributed by atoms with Crippen LogP contribution in [0.2, 0.25) is 25.7 Å². The van der Waals surface area contributed by atoms with Crippen molar-refractivity contribution in [2.24, 2.45) is 5.73 Å². The van der Waals surface area contributed by atoms with Crippen LogP contribution in [0, 0.1) is 0 Å². The van der Waals surface area contributed by atoms with E-state index in [1.54, 1.807) is 32.4 Å². The van der Waals surface area contributed by atoms with Crippen molar-refractivity contribution in [2.75, 3.05) is 20.3 Å². The van der Waals surface area contributed by atoms with Crippen LogP contribution in [-0.2, 0) is 32.3 Å². The number of fused-ring (bicyclic) bond motifs is 1. The van der Waals surface area contributed by atoms with Gasteiger partial charge >= 0.3 is 6.18 Å². The van der Waals surface area contributed by atoms with E-state index in [1.807, 2.05) is 18.2 Å². The second-order valence-electron chi connectivity index (χ2n) is 12.1. The van der Waals surface area contributed by atoms with E-state index in [2.05, 4.69) is 24.4 Å². The molecule has 2 rings (SSSR count). The summed E-state index contributed by atoms with van der Waals surface area (Å²) in [6.07, 6.45) is -7.60. The summed E-state index contributed by atoms with van der Waals surface area (Å²) in [6, 6.07) is 5.21. The average Bonchev–Trinajstić information content (AvgIpc) is 3.15. The predicted octanol–water partition coefficient (Wildman–Crippen LogP) is 5.44. The van der Waals surface area contributed by atoms with Crippen molar-refractivity contribution < 1.29 is 31.9 Å². The Hall–Kier alpha value is -1.19. The van der Waals surface area contributed by atoms with Crippen molar-refractivity contribution in [3.63, 3.8) is 0 Å². The van der Waals surface area contributed by atoms with E-state index in [0.717, 1.165) is 24.0 Å². The zero-order valence-corrected chi connectivity index (χ0v) is 26.3. The van der Waals surface area contributed by atoms with Gasteiger partial charge in [-0.15, -0.1) is 4.72 Å². The van der Waals surface area contributed by atoms with Gasteiger partial charge in [-0.2, -0.15) is 13.2 Å². The normalized spacial score (nSPS) is 17.3. The summed E-state index contributed by atoms with van der Waals surface area (Å²) in [6.45, 7) is 15.6. The van der Waals surface area contributed by atoms with Gasteiger partial charge in [0, 0.05) is 33.2 Å². The number of nitrogens with zero attached hydrogens (tertiary/aromatic N) is 2. The van der Waals surface area contributed by atoms with Crippen LogP contribution in [0.15, 0.2) is 18.2 Å². The van der Waals surface area contributed by atoms with E-state index in [9.17, 15) is 17.7 Å². The number of halogens is 3. The first kappa shape index (κ1) is 34.0. The van der Waals surface area contributed by atoms with Gasteiger partial charge < -0.3 is 29.1 Å². The molecule has 3 N–H and O–H groups in total. The highest BCUT2D eigenvalue weighted by Crippen LogP contribution is 2.31. The Kier molecular flexibility index (Phi) is 11.9. The van der Waals surface area contributed by atoms with Crippen molar-refractivity contribution in [1.82, 2.24) is 14.3 Å². The Balaban J connectivity index is 2.59. The molecule has 0 amide bonds. The minimum absolute atomic E-state index is 0.127. The van der Waals surface area contributed by atoms with Gasteiger partial charge in [-0.1, -0.05) is 25.7 Å². The SMILES string of the molecule is COC[C@@H](N)c1ccc2c(c1)nc([C@@H](N[S@+]([O-])C(C)(C)C)[C@@H](C)O[C@@H](C)C(F)(F)F)n2COCC[Si](C)(C)C. The standard InChI is InChI=1S/C26H45F3N4O4SSi/c1-17(37-18(2)26(27,28)29)23(32-38(34)25(3,4)5)24-31-21-14-19(20(30)15-35-6)10-11-22(21)33(24)16-36-12-13-39(7,8)9/h10-11,14,17-18,20,23,32H,12-13,15-16,30H2,1-9H3/t17-,18+,20-,23+,38-/m1/s1. The highest BCUT2D eigenvalue weighted by atomic mass is 32.2. The fraction of sp³-hybridized carbons (Fsp3) is 0.731. The third-order valence-electron chi connectivity index (χ3n) is 6.21. The van der Waals surface area contributed by atoms with Crippen LogP contribution < -0.4 is 10.5 Å². The molecule has 0 bridgehead atoms. The van der Waals surface area contributed by atoms with Crippen LogP contribution in [-0.4, -0.2) is 65.6 Å². The molecular formula is C26H45F3N4O4SSi. The van der Waals surface area contributed by atoms with Crippen molar-refractivity contribution >= 4 is 30.5 Å². The maximum atomic E-state index is 13.4. The van der Waals surface area contributed by atoms with Crippen molar-refractivity contribution in [3.8, 4) is 0 Å². The molecule has 1 heterocycles. The Morgan fingerprint density at radius 3 is 2.36 bits per heavy atom. The molecule has 0 spiro atoms. The van der Waals surface area contributed by atoms with Gasteiger partial charge in [0.05, 0.1) is 29.8 Å². The van der Waals surface area contributed by atoms with Crippen LogP contribution in [0.5, 0.6) is 0 Å². The minimum atomic E-state index is -4.55. The fourth-order valence-corrected chi connectivity index (χ4v) is 5.35. The second kappa shape index (κ2) is 13.6.